The molecule has 0 bridgehead atoms. The minimum atomic E-state index is 0.0247. The van der Waals surface area contributed by atoms with E-state index in [0.717, 1.165) is 48.9 Å². The molecule has 7 heteroatoms. The maximum absolute atomic E-state index is 12.6. The number of hydrogen-bond acceptors (Lipinski definition) is 6. The molecule has 7 nitrogen and oxygen atoms in total. The van der Waals surface area contributed by atoms with Crippen molar-refractivity contribution < 1.29 is 0 Å². The molecule has 2 aromatic heterocycles. The van der Waals surface area contributed by atoms with E-state index < -0.39 is 0 Å². The van der Waals surface area contributed by atoms with E-state index in [1.165, 1.54) is 12.8 Å². The topological polar surface area (TPSA) is 67.2 Å². The van der Waals surface area contributed by atoms with Crippen molar-refractivity contribution in [1.29, 1.82) is 0 Å². The summed E-state index contributed by atoms with van der Waals surface area (Å²) in [4.78, 5) is 31.1. The lowest BCUT2D eigenvalue weighted by Gasteiger charge is -2.37. The molecule has 0 spiro atoms. The number of fused-ring (bicyclic) bond motifs is 1. The standard InChI is InChI=1S/C22H26N6O/c1-15(2)28-14-25-19-13-17(5-6-18(19)22(28)29)26-9-11-27(12-10-26)21-20(16-3-4-16)23-7-8-24-21/h5-8,13-16H,3-4,9-12H2,1-2H3. The molecular weight excluding hydrogens is 364 g/mol. The Bertz CT molecular complexity index is 1100. The first-order valence-electron chi connectivity index (χ1n) is 10.4. The minimum Gasteiger partial charge on any atom is -0.368 e. The van der Waals surface area contributed by atoms with E-state index in [2.05, 4.69) is 24.8 Å². The first-order valence-corrected chi connectivity index (χ1v) is 10.4. The van der Waals surface area contributed by atoms with Gasteiger partial charge in [-0.1, -0.05) is 0 Å². The van der Waals surface area contributed by atoms with Crippen LogP contribution in [0.2, 0.25) is 0 Å². The quantitative estimate of drug-likeness (QED) is 0.682. The van der Waals surface area contributed by atoms with E-state index >= 15 is 0 Å². The molecule has 1 aliphatic carbocycles. The SMILES string of the molecule is CC(C)n1cnc2cc(N3CCN(c4nccnc4C4CC4)CC3)ccc2c1=O. The van der Waals surface area contributed by atoms with Gasteiger partial charge in [0.05, 0.1) is 22.9 Å². The van der Waals surface area contributed by atoms with Gasteiger partial charge in [-0.05, 0) is 44.9 Å². The second-order valence-electron chi connectivity index (χ2n) is 8.27. The Morgan fingerprint density at radius 1 is 0.966 bits per heavy atom. The van der Waals surface area contributed by atoms with E-state index in [0.29, 0.717) is 11.3 Å². The first kappa shape index (κ1) is 18.1. The number of piperazine rings is 1. The molecule has 0 atom stereocenters. The van der Waals surface area contributed by atoms with Crippen molar-refractivity contribution in [3.8, 4) is 0 Å². The van der Waals surface area contributed by atoms with Crippen LogP contribution in [0.15, 0.2) is 41.7 Å². The molecule has 2 fully saturated rings. The molecule has 2 aliphatic rings. The summed E-state index contributed by atoms with van der Waals surface area (Å²) in [5, 5.41) is 0.678. The summed E-state index contributed by atoms with van der Waals surface area (Å²) in [7, 11) is 0. The van der Waals surface area contributed by atoms with Crippen molar-refractivity contribution in [3.05, 3.63) is 53.0 Å². The van der Waals surface area contributed by atoms with Gasteiger partial charge in [-0.25, -0.2) is 9.97 Å². The van der Waals surface area contributed by atoms with Gasteiger partial charge in [0, 0.05) is 56.2 Å². The molecule has 1 aliphatic heterocycles. The monoisotopic (exact) mass is 390 g/mol. The number of aromatic nitrogens is 4. The van der Waals surface area contributed by atoms with Gasteiger partial charge in [-0.3, -0.25) is 14.3 Å². The second kappa shape index (κ2) is 7.13. The lowest BCUT2D eigenvalue weighted by Crippen LogP contribution is -2.47. The van der Waals surface area contributed by atoms with Gasteiger partial charge >= 0.3 is 0 Å². The molecule has 0 N–H and O–H groups in total. The predicted molar refractivity (Wildman–Crippen MR) is 115 cm³/mol. The highest BCUT2D eigenvalue weighted by atomic mass is 16.1. The molecule has 1 saturated carbocycles. The van der Waals surface area contributed by atoms with Gasteiger partial charge in [0.1, 0.15) is 0 Å². The summed E-state index contributed by atoms with van der Waals surface area (Å²) >= 11 is 0. The van der Waals surface area contributed by atoms with Crippen LogP contribution in [0.1, 0.15) is 44.3 Å². The smallest absolute Gasteiger partial charge is 0.261 e. The zero-order chi connectivity index (χ0) is 20.0. The minimum absolute atomic E-state index is 0.0247. The van der Waals surface area contributed by atoms with Gasteiger partial charge in [0.15, 0.2) is 5.82 Å². The Kier molecular flexibility index (Phi) is 4.45. The van der Waals surface area contributed by atoms with Crippen molar-refractivity contribution in [2.24, 2.45) is 0 Å². The third kappa shape index (κ3) is 3.34. The maximum Gasteiger partial charge on any atom is 0.261 e. The molecule has 29 heavy (non-hydrogen) atoms. The largest absolute Gasteiger partial charge is 0.368 e. The van der Waals surface area contributed by atoms with E-state index in [1.54, 1.807) is 17.1 Å². The molecular formula is C22H26N6O. The molecule has 5 rings (SSSR count). The molecule has 150 valence electrons. The normalized spacial score (nSPS) is 17.3. The summed E-state index contributed by atoms with van der Waals surface area (Å²) < 4.78 is 1.68. The summed E-state index contributed by atoms with van der Waals surface area (Å²) in [5.74, 6) is 1.65. The zero-order valence-corrected chi connectivity index (χ0v) is 17.0. The summed E-state index contributed by atoms with van der Waals surface area (Å²) in [6, 6.07) is 6.10. The average Bonchev–Trinajstić information content (AvgIpc) is 3.59. The molecule has 0 amide bonds. The van der Waals surface area contributed by atoms with Crippen LogP contribution in [-0.4, -0.2) is 45.7 Å². The van der Waals surface area contributed by atoms with E-state index in [9.17, 15) is 4.79 Å². The molecule has 0 unspecified atom stereocenters. The fraction of sp³-hybridized carbons (Fsp3) is 0.455. The summed E-state index contributed by atoms with van der Waals surface area (Å²) in [6.45, 7) is 7.64. The highest BCUT2D eigenvalue weighted by Gasteiger charge is 2.31. The van der Waals surface area contributed by atoms with E-state index in [-0.39, 0.29) is 11.6 Å². The fourth-order valence-corrected chi connectivity index (χ4v) is 4.09. The number of anilines is 2. The van der Waals surface area contributed by atoms with Crippen molar-refractivity contribution >= 4 is 22.4 Å². The fourth-order valence-electron chi connectivity index (χ4n) is 4.09. The summed E-state index contributed by atoms with van der Waals surface area (Å²) in [6.07, 6.45) is 7.72. The lowest BCUT2D eigenvalue weighted by molar-refractivity contribution is 0.573. The zero-order valence-electron chi connectivity index (χ0n) is 17.0. The molecule has 1 saturated heterocycles. The first-order chi connectivity index (χ1) is 14.1. The van der Waals surface area contributed by atoms with Crippen LogP contribution in [0.4, 0.5) is 11.5 Å². The van der Waals surface area contributed by atoms with Crippen molar-refractivity contribution in [2.75, 3.05) is 36.0 Å². The van der Waals surface area contributed by atoms with Crippen molar-refractivity contribution in [2.45, 2.75) is 38.6 Å². The van der Waals surface area contributed by atoms with Crippen LogP contribution in [0.3, 0.4) is 0 Å². The van der Waals surface area contributed by atoms with Crippen LogP contribution < -0.4 is 15.4 Å². The number of rotatable bonds is 4. The molecule has 3 heterocycles. The predicted octanol–water partition coefficient (Wildman–Crippen LogP) is 2.97. The second-order valence-corrected chi connectivity index (χ2v) is 8.27. The van der Waals surface area contributed by atoms with E-state index in [4.69, 9.17) is 0 Å². The Morgan fingerprint density at radius 2 is 1.69 bits per heavy atom. The van der Waals surface area contributed by atoms with E-state index in [1.807, 2.05) is 38.2 Å². The number of benzene rings is 1. The van der Waals surface area contributed by atoms with Crippen molar-refractivity contribution in [1.82, 2.24) is 19.5 Å². The van der Waals surface area contributed by atoms with Gasteiger partial charge in [-0.15, -0.1) is 0 Å². The van der Waals surface area contributed by atoms with Crippen LogP contribution in [0, 0.1) is 0 Å². The molecule has 0 radical (unpaired) electrons. The van der Waals surface area contributed by atoms with Gasteiger partial charge in [0.25, 0.3) is 5.56 Å². The van der Waals surface area contributed by atoms with Crippen LogP contribution in [-0.2, 0) is 0 Å². The van der Waals surface area contributed by atoms with Gasteiger partial charge < -0.3 is 9.80 Å². The maximum atomic E-state index is 12.6. The molecule has 1 aromatic carbocycles. The summed E-state index contributed by atoms with van der Waals surface area (Å²) in [5.41, 5.74) is 3.07. The molecule has 3 aromatic rings. The van der Waals surface area contributed by atoms with Crippen molar-refractivity contribution in [3.63, 3.8) is 0 Å². The Morgan fingerprint density at radius 3 is 2.41 bits per heavy atom. The third-order valence-electron chi connectivity index (χ3n) is 5.94. The Hall–Kier alpha value is -2.96. The highest BCUT2D eigenvalue weighted by Crippen LogP contribution is 2.42. The van der Waals surface area contributed by atoms with Gasteiger partial charge in [-0.2, -0.15) is 0 Å². The Labute approximate surface area is 170 Å². The Balaban J connectivity index is 1.35. The average molecular weight is 390 g/mol. The highest BCUT2D eigenvalue weighted by molar-refractivity contribution is 5.81. The number of hydrogen-bond donors (Lipinski definition) is 0. The van der Waals surface area contributed by atoms with Crippen LogP contribution >= 0.6 is 0 Å². The van der Waals surface area contributed by atoms with Crippen LogP contribution in [0.5, 0.6) is 0 Å². The van der Waals surface area contributed by atoms with Gasteiger partial charge in [0.2, 0.25) is 0 Å². The lowest BCUT2D eigenvalue weighted by atomic mass is 10.1. The third-order valence-corrected chi connectivity index (χ3v) is 5.94. The number of nitrogens with zero attached hydrogens (tertiary/aromatic N) is 6. The van der Waals surface area contributed by atoms with Crippen LogP contribution in [0.25, 0.3) is 10.9 Å².